The summed E-state index contributed by atoms with van der Waals surface area (Å²) in [5.74, 6) is 0.837. The normalized spacial score (nSPS) is 11.0. The number of guanidine groups is 1. The van der Waals surface area contributed by atoms with E-state index in [1.54, 1.807) is 18.4 Å². The molecule has 0 fully saturated rings. The lowest BCUT2D eigenvalue weighted by Gasteiger charge is -2.21. The van der Waals surface area contributed by atoms with Gasteiger partial charge in [-0.25, -0.2) is 4.98 Å². The summed E-state index contributed by atoms with van der Waals surface area (Å²) in [6.07, 6.45) is 0. The van der Waals surface area contributed by atoms with Crippen LogP contribution in [0.15, 0.2) is 28.6 Å². The fourth-order valence-corrected chi connectivity index (χ4v) is 2.65. The number of hydrogen-bond acceptors (Lipinski definition) is 4. The van der Waals surface area contributed by atoms with Crippen LogP contribution in [0.5, 0.6) is 0 Å². The van der Waals surface area contributed by atoms with E-state index in [-0.39, 0.29) is 24.0 Å². The number of pyridine rings is 1. The molecule has 0 aliphatic rings. The predicted molar refractivity (Wildman–Crippen MR) is 103 cm³/mol. The molecule has 2 aromatic heterocycles. The highest BCUT2D eigenvalue weighted by Crippen LogP contribution is 2.09. The molecule has 0 aliphatic heterocycles. The van der Waals surface area contributed by atoms with Crippen LogP contribution in [0.1, 0.15) is 22.1 Å². The summed E-state index contributed by atoms with van der Waals surface area (Å²) >= 11 is 1.67. The predicted octanol–water partition coefficient (Wildman–Crippen LogP) is 2.98. The lowest BCUT2D eigenvalue weighted by Crippen LogP contribution is -2.38. The minimum Gasteiger partial charge on any atom is -0.351 e. The Hall–Kier alpha value is -1.22. The molecule has 1 N–H and O–H groups in total. The molecule has 120 valence electrons. The highest BCUT2D eigenvalue weighted by Gasteiger charge is 2.08. The largest absolute Gasteiger partial charge is 0.351 e. The van der Waals surface area contributed by atoms with Crippen molar-refractivity contribution in [2.24, 2.45) is 4.99 Å². The maximum Gasteiger partial charge on any atom is 0.194 e. The molecule has 0 aromatic carbocycles. The summed E-state index contributed by atoms with van der Waals surface area (Å²) in [5.41, 5.74) is 3.10. The van der Waals surface area contributed by atoms with Gasteiger partial charge in [0.05, 0.1) is 29.5 Å². The second-order valence-electron chi connectivity index (χ2n) is 4.88. The molecular formula is C15H22IN5S. The molecule has 2 rings (SSSR count). The van der Waals surface area contributed by atoms with Crippen molar-refractivity contribution in [1.82, 2.24) is 20.2 Å². The number of hydrogen-bond donors (Lipinski definition) is 1. The zero-order valence-corrected chi connectivity index (χ0v) is 16.5. The molecule has 5 nitrogen and oxygen atoms in total. The standard InChI is InChI=1S/C15H21N5S.HI/c1-11-6-5-7-13(18-11)8-17-15(16-3)20(4)9-14-10-21-12(2)19-14;/h5-7,10H,8-9H2,1-4H3,(H,16,17);1H. The van der Waals surface area contributed by atoms with Crippen molar-refractivity contribution in [3.05, 3.63) is 45.7 Å². The SMILES string of the molecule is CN=C(NCc1cccc(C)n1)N(C)Cc1csc(C)n1.I. The Kier molecular flexibility index (Phi) is 7.74. The van der Waals surface area contributed by atoms with Crippen molar-refractivity contribution in [2.45, 2.75) is 26.9 Å². The average Bonchev–Trinajstić information content (AvgIpc) is 2.85. The fraction of sp³-hybridized carbons (Fsp3) is 0.400. The Morgan fingerprint density at radius 3 is 2.64 bits per heavy atom. The van der Waals surface area contributed by atoms with Gasteiger partial charge in [0.2, 0.25) is 0 Å². The zero-order chi connectivity index (χ0) is 15.2. The summed E-state index contributed by atoms with van der Waals surface area (Å²) in [7, 11) is 3.79. The Morgan fingerprint density at radius 2 is 2.05 bits per heavy atom. The van der Waals surface area contributed by atoms with E-state index >= 15 is 0 Å². The van der Waals surface area contributed by atoms with E-state index in [1.165, 1.54) is 0 Å². The van der Waals surface area contributed by atoms with Crippen LogP contribution in [0.2, 0.25) is 0 Å². The lowest BCUT2D eigenvalue weighted by atomic mass is 10.3. The first kappa shape index (κ1) is 18.8. The fourth-order valence-electron chi connectivity index (χ4n) is 2.05. The third-order valence-corrected chi connectivity index (χ3v) is 3.84. The first-order chi connectivity index (χ1) is 10.1. The summed E-state index contributed by atoms with van der Waals surface area (Å²) in [6.45, 7) is 5.42. The van der Waals surface area contributed by atoms with E-state index < -0.39 is 0 Å². The molecule has 0 aliphatic carbocycles. The molecule has 7 heteroatoms. The number of nitrogens with one attached hydrogen (secondary N) is 1. The van der Waals surface area contributed by atoms with Crippen molar-refractivity contribution in [3.8, 4) is 0 Å². The maximum absolute atomic E-state index is 4.48. The molecule has 0 atom stereocenters. The van der Waals surface area contributed by atoms with Crippen LogP contribution in [-0.4, -0.2) is 34.9 Å². The Labute approximate surface area is 152 Å². The maximum atomic E-state index is 4.48. The van der Waals surface area contributed by atoms with Crippen molar-refractivity contribution in [1.29, 1.82) is 0 Å². The summed E-state index contributed by atoms with van der Waals surface area (Å²) in [4.78, 5) is 15.3. The van der Waals surface area contributed by atoms with E-state index in [0.29, 0.717) is 6.54 Å². The monoisotopic (exact) mass is 431 g/mol. The third-order valence-electron chi connectivity index (χ3n) is 3.01. The van der Waals surface area contributed by atoms with Crippen molar-refractivity contribution in [2.75, 3.05) is 14.1 Å². The second kappa shape index (κ2) is 9.04. The topological polar surface area (TPSA) is 53.4 Å². The van der Waals surface area contributed by atoms with Gasteiger partial charge in [-0.2, -0.15) is 0 Å². The number of thiazole rings is 1. The van der Waals surface area contributed by atoms with Crippen LogP contribution in [0, 0.1) is 13.8 Å². The van der Waals surface area contributed by atoms with Gasteiger partial charge in [0, 0.05) is 25.2 Å². The molecule has 0 saturated heterocycles. The number of halogens is 1. The minimum atomic E-state index is 0. The van der Waals surface area contributed by atoms with Crippen LogP contribution >= 0.6 is 35.3 Å². The number of aryl methyl sites for hydroxylation is 2. The van der Waals surface area contributed by atoms with Crippen molar-refractivity contribution in [3.63, 3.8) is 0 Å². The second-order valence-corrected chi connectivity index (χ2v) is 5.95. The van der Waals surface area contributed by atoms with Gasteiger partial charge in [0.15, 0.2) is 5.96 Å². The van der Waals surface area contributed by atoms with Gasteiger partial charge in [-0.15, -0.1) is 35.3 Å². The Balaban J connectivity index is 0.00000242. The van der Waals surface area contributed by atoms with Gasteiger partial charge in [0.25, 0.3) is 0 Å². The molecule has 0 bridgehead atoms. The first-order valence-corrected chi connectivity index (χ1v) is 7.72. The minimum absolute atomic E-state index is 0. The Morgan fingerprint density at radius 1 is 1.27 bits per heavy atom. The van der Waals surface area contributed by atoms with Gasteiger partial charge < -0.3 is 10.2 Å². The average molecular weight is 431 g/mol. The highest BCUT2D eigenvalue weighted by atomic mass is 127. The third kappa shape index (κ3) is 5.53. The van der Waals surface area contributed by atoms with Gasteiger partial charge in [-0.1, -0.05) is 6.07 Å². The first-order valence-electron chi connectivity index (χ1n) is 6.84. The molecule has 0 unspecified atom stereocenters. The molecular weight excluding hydrogens is 409 g/mol. The van der Waals surface area contributed by atoms with Gasteiger partial charge in [0.1, 0.15) is 0 Å². The van der Waals surface area contributed by atoms with Crippen LogP contribution in [0.3, 0.4) is 0 Å². The molecule has 0 saturated carbocycles. The molecule has 2 aromatic rings. The summed E-state index contributed by atoms with van der Waals surface area (Å²) in [5, 5.41) is 6.50. The van der Waals surface area contributed by atoms with Gasteiger partial charge >= 0.3 is 0 Å². The number of rotatable bonds is 4. The lowest BCUT2D eigenvalue weighted by molar-refractivity contribution is 0.470. The van der Waals surface area contributed by atoms with E-state index in [4.69, 9.17) is 0 Å². The number of aliphatic imine (C=N–C) groups is 1. The van der Waals surface area contributed by atoms with E-state index in [1.807, 2.05) is 39.1 Å². The molecule has 0 amide bonds. The van der Waals surface area contributed by atoms with E-state index in [0.717, 1.165) is 34.6 Å². The number of aromatic nitrogens is 2. The van der Waals surface area contributed by atoms with Crippen molar-refractivity contribution < 1.29 is 0 Å². The molecule has 22 heavy (non-hydrogen) atoms. The van der Waals surface area contributed by atoms with Gasteiger partial charge in [-0.3, -0.25) is 9.98 Å². The molecule has 0 spiro atoms. The smallest absolute Gasteiger partial charge is 0.194 e. The van der Waals surface area contributed by atoms with Crippen molar-refractivity contribution >= 4 is 41.3 Å². The van der Waals surface area contributed by atoms with Gasteiger partial charge in [-0.05, 0) is 26.0 Å². The molecule has 2 heterocycles. The zero-order valence-electron chi connectivity index (χ0n) is 13.3. The van der Waals surface area contributed by atoms with Crippen LogP contribution in [-0.2, 0) is 13.1 Å². The summed E-state index contributed by atoms with van der Waals surface area (Å²) in [6, 6.07) is 6.02. The highest BCUT2D eigenvalue weighted by molar-refractivity contribution is 14.0. The molecule has 0 radical (unpaired) electrons. The van der Waals surface area contributed by atoms with Crippen LogP contribution in [0.4, 0.5) is 0 Å². The quantitative estimate of drug-likeness (QED) is 0.460. The van der Waals surface area contributed by atoms with E-state index in [9.17, 15) is 0 Å². The van der Waals surface area contributed by atoms with Crippen LogP contribution in [0.25, 0.3) is 0 Å². The summed E-state index contributed by atoms with van der Waals surface area (Å²) < 4.78 is 0. The Bertz CT molecular complexity index is 626. The van der Waals surface area contributed by atoms with Crippen LogP contribution < -0.4 is 5.32 Å². The van der Waals surface area contributed by atoms with E-state index in [2.05, 4.69) is 30.6 Å². The number of nitrogens with zero attached hydrogens (tertiary/aromatic N) is 4.